The van der Waals surface area contributed by atoms with Crippen LogP contribution in [0, 0.1) is 0 Å². The minimum Gasteiger partial charge on any atom is -0.365 e. The van der Waals surface area contributed by atoms with Crippen molar-refractivity contribution in [2.24, 2.45) is 0 Å². The van der Waals surface area contributed by atoms with Gasteiger partial charge in [-0.1, -0.05) is 39.0 Å². The van der Waals surface area contributed by atoms with Crippen LogP contribution in [0.25, 0.3) is 0 Å². The van der Waals surface area contributed by atoms with Gasteiger partial charge in [0.2, 0.25) is 0 Å². The van der Waals surface area contributed by atoms with E-state index in [-0.39, 0.29) is 0 Å². The van der Waals surface area contributed by atoms with Crippen LogP contribution in [0.4, 0.5) is 0 Å². The Bertz CT molecular complexity index is 237. The highest BCUT2D eigenvalue weighted by molar-refractivity contribution is 5.19. The fraction of sp³-hybridized carbons (Fsp3) is 0.600. The zero-order valence-electron chi connectivity index (χ0n) is 12.4. The van der Waals surface area contributed by atoms with E-state index in [0.717, 1.165) is 19.4 Å². The van der Waals surface area contributed by atoms with E-state index in [1.54, 1.807) is 0 Å². The van der Waals surface area contributed by atoms with Crippen LogP contribution in [0.15, 0.2) is 35.7 Å². The first-order valence-corrected chi connectivity index (χ1v) is 6.64. The maximum absolute atomic E-state index is 3.27. The lowest BCUT2D eigenvalue weighted by atomic mass is 10.2. The second-order valence-electron chi connectivity index (χ2n) is 3.50. The van der Waals surface area contributed by atoms with E-state index in [1.807, 2.05) is 27.8 Å². The van der Waals surface area contributed by atoms with Crippen LogP contribution >= 0.6 is 0 Å². The SMILES string of the molecule is C/C=C(\C)N/C=C(\C=C\CC)CCNC.CC. The highest BCUT2D eigenvalue weighted by atomic mass is 14.8. The molecule has 2 nitrogen and oxygen atoms in total. The summed E-state index contributed by atoms with van der Waals surface area (Å²) in [5.41, 5.74) is 2.51. The monoisotopic (exact) mass is 238 g/mol. The Hall–Kier alpha value is -1.02. The second-order valence-corrected chi connectivity index (χ2v) is 3.50. The molecule has 17 heavy (non-hydrogen) atoms. The molecular formula is C15H30N2. The van der Waals surface area contributed by atoms with E-state index in [0.29, 0.717) is 0 Å². The highest BCUT2D eigenvalue weighted by Crippen LogP contribution is 2.03. The van der Waals surface area contributed by atoms with Crippen molar-refractivity contribution in [1.29, 1.82) is 0 Å². The van der Waals surface area contributed by atoms with Crippen molar-refractivity contribution in [3.05, 3.63) is 35.7 Å². The maximum atomic E-state index is 3.27. The van der Waals surface area contributed by atoms with Crippen LogP contribution in [0.3, 0.4) is 0 Å². The van der Waals surface area contributed by atoms with Crippen molar-refractivity contribution >= 4 is 0 Å². The third kappa shape index (κ3) is 12.9. The summed E-state index contributed by atoms with van der Waals surface area (Å²) in [6.45, 7) is 11.3. The second kappa shape index (κ2) is 15.0. The molecule has 0 fully saturated rings. The largest absolute Gasteiger partial charge is 0.365 e. The van der Waals surface area contributed by atoms with Crippen LogP contribution in [-0.4, -0.2) is 13.6 Å². The summed E-state index contributed by atoms with van der Waals surface area (Å²) in [5.74, 6) is 0. The van der Waals surface area contributed by atoms with Gasteiger partial charge in [0.25, 0.3) is 0 Å². The highest BCUT2D eigenvalue weighted by Gasteiger charge is 1.91. The topological polar surface area (TPSA) is 24.1 Å². The third-order valence-electron chi connectivity index (χ3n) is 2.15. The van der Waals surface area contributed by atoms with Gasteiger partial charge in [0, 0.05) is 11.9 Å². The molecule has 0 heterocycles. The molecule has 0 aromatic heterocycles. The number of allylic oxidation sites excluding steroid dienone is 4. The number of hydrogen-bond acceptors (Lipinski definition) is 2. The minimum atomic E-state index is 1.01. The van der Waals surface area contributed by atoms with Gasteiger partial charge in [-0.25, -0.2) is 0 Å². The van der Waals surface area contributed by atoms with E-state index in [4.69, 9.17) is 0 Å². The first-order valence-electron chi connectivity index (χ1n) is 6.64. The molecule has 0 bridgehead atoms. The van der Waals surface area contributed by atoms with Crippen LogP contribution < -0.4 is 10.6 Å². The fourth-order valence-corrected chi connectivity index (χ4v) is 1.03. The third-order valence-corrected chi connectivity index (χ3v) is 2.15. The lowest BCUT2D eigenvalue weighted by Gasteiger charge is -2.04. The summed E-state index contributed by atoms with van der Waals surface area (Å²) in [6.07, 6.45) is 10.7. The number of rotatable bonds is 7. The van der Waals surface area contributed by atoms with Crippen molar-refractivity contribution in [2.45, 2.75) is 47.5 Å². The van der Waals surface area contributed by atoms with Gasteiger partial charge >= 0.3 is 0 Å². The van der Waals surface area contributed by atoms with E-state index >= 15 is 0 Å². The van der Waals surface area contributed by atoms with Gasteiger partial charge < -0.3 is 10.6 Å². The van der Waals surface area contributed by atoms with E-state index in [9.17, 15) is 0 Å². The van der Waals surface area contributed by atoms with Gasteiger partial charge in [0.1, 0.15) is 0 Å². The Kier molecular flexibility index (Phi) is 16.2. The minimum absolute atomic E-state index is 1.01. The van der Waals surface area contributed by atoms with E-state index in [2.05, 4.69) is 48.9 Å². The van der Waals surface area contributed by atoms with Crippen molar-refractivity contribution in [3.63, 3.8) is 0 Å². The molecule has 0 saturated heterocycles. The van der Waals surface area contributed by atoms with Gasteiger partial charge in [-0.3, -0.25) is 0 Å². The van der Waals surface area contributed by atoms with Crippen molar-refractivity contribution in [3.8, 4) is 0 Å². The Labute approximate surface area is 108 Å². The standard InChI is InChI=1S/C13H24N2.C2H6/c1-5-7-8-13(9-10-14-4)11-15-12(3)6-2;1-2/h6-8,11,14-15H,5,9-10H2,1-4H3;1-2H3/b8-7+,12-6+,13-11+;. The smallest absolute Gasteiger partial charge is 0.00715 e. The quantitative estimate of drug-likeness (QED) is 0.655. The molecule has 0 spiro atoms. The number of nitrogens with one attached hydrogen (secondary N) is 2. The van der Waals surface area contributed by atoms with Gasteiger partial charge in [-0.15, -0.1) is 0 Å². The lowest BCUT2D eigenvalue weighted by Crippen LogP contribution is -2.09. The molecule has 0 aliphatic carbocycles. The van der Waals surface area contributed by atoms with Gasteiger partial charge in [-0.2, -0.15) is 0 Å². The fourth-order valence-electron chi connectivity index (χ4n) is 1.03. The molecule has 0 aromatic carbocycles. The van der Waals surface area contributed by atoms with E-state index < -0.39 is 0 Å². The maximum Gasteiger partial charge on any atom is 0.00715 e. The molecule has 0 saturated carbocycles. The summed E-state index contributed by atoms with van der Waals surface area (Å²) in [4.78, 5) is 0. The molecule has 2 N–H and O–H groups in total. The van der Waals surface area contributed by atoms with Crippen molar-refractivity contribution < 1.29 is 0 Å². The summed E-state index contributed by atoms with van der Waals surface area (Å²) >= 11 is 0. The molecule has 0 aliphatic rings. The normalized spacial score (nSPS) is 12.4. The van der Waals surface area contributed by atoms with E-state index in [1.165, 1.54) is 11.3 Å². The Balaban J connectivity index is 0. The summed E-state index contributed by atoms with van der Waals surface area (Å²) in [7, 11) is 1.98. The Morgan fingerprint density at radius 3 is 2.35 bits per heavy atom. The molecule has 0 aromatic rings. The molecule has 0 aliphatic heterocycles. The molecule has 0 radical (unpaired) electrons. The number of hydrogen-bond donors (Lipinski definition) is 2. The van der Waals surface area contributed by atoms with Gasteiger partial charge in [0.05, 0.1) is 0 Å². The molecule has 0 rings (SSSR count). The molecule has 0 amide bonds. The zero-order chi connectivity index (χ0) is 13.5. The average molecular weight is 238 g/mol. The Morgan fingerprint density at radius 2 is 1.88 bits per heavy atom. The first-order chi connectivity index (χ1) is 8.24. The summed E-state index contributed by atoms with van der Waals surface area (Å²) in [5, 5.41) is 6.43. The van der Waals surface area contributed by atoms with Crippen LogP contribution in [0.5, 0.6) is 0 Å². The molecule has 2 heteroatoms. The Morgan fingerprint density at radius 1 is 1.24 bits per heavy atom. The average Bonchev–Trinajstić information content (AvgIpc) is 2.39. The van der Waals surface area contributed by atoms with Gasteiger partial charge in [0.15, 0.2) is 0 Å². The lowest BCUT2D eigenvalue weighted by molar-refractivity contribution is 0.789. The van der Waals surface area contributed by atoms with Crippen molar-refractivity contribution in [1.82, 2.24) is 10.6 Å². The molecule has 0 unspecified atom stereocenters. The summed E-state index contributed by atoms with van der Waals surface area (Å²) < 4.78 is 0. The van der Waals surface area contributed by atoms with Crippen molar-refractivity contribution in [2.75, 3.05) is 13.6 Å². The van der Waals surface area contributed by atoms with Crippen LogP contribution in [0.2, 0.25) is 0 Å². The predicted molar refractivity (Wildman–Crippen MR) is 80.0 cm³/mol. The molecule has 100 valence electrons. The first kappa shape index (κ1) is 18.3. The molecular weight excluding hydrogens is 208 g/mol. The summed E-state index contributed by atoms with van der Waals surface area (Å²) in [6, 6.07) is 0. The molecule has 0 atom stereocenters. The predicted octanol–water partition coefficient (Wildman–Crippen LogP) is 3.99. The van der Waals surface area contributed by atoms with Gasteiger partial charge in [-0.05, 0) is 45.9 Å². The van der Waals surface area contributed by atoms with Crippen LogP contribution in [0.1, 0.15) is 47.5 Å². The van der Waals surface area contributed by atoms with Crippen LogP contribution in [-0.2, 0) is 0 Å². The zero-order valence-corrected chi connectivity index (χ0v) is 12.4.